The van der Waals surface area contributed by atoms with Crippen molar-refractivity contribution in [2.24, 2.45) is 0 Å². The Balaban J connectivity index is 1.52. The summed E-state index contributed by atoms with van der Waals surface area (Å²) in [6, 6.07) is 16.5. The summed E-state index contributed by atoms with van der Waals surface area (Å²) in [7, 11) is 1.70. The van der Waals surface area contributed by atoms with Crippen molar-refractivity contribution in [1.82, 2.24) is 4.90 Å². The number of nitrogens with zero attached hydrogens (tertiary/aromatic N) is 1. The number of piperidine rings is 1. The Morgan fingerprint density at radius 1 is 1.14 bits per heavy atom. The summed E-state index contributed by atoms with van der Waals surface area (Å²) in [5, 5.41) is 0. The number of carbonyl (C=O) groups is 1. The van der Waals surface area contributed by atoms with Crippen molar-refractivity contribution in [3.8, 4) is 5.75 Å². The minimum atomic E-state index is -0.198. The number of rotatable bonds is 4. The fourth-order valence-corrected chi connectivity index (χ4v) is 4.37. The highest BCUT2D eigenvalue weighted by Gasteiger charge is 2.38. The van der Waals surface area contributed by atoms with Crippen molar-refractivity contribution in [2.75, 3.05) is 7.11 Å². The molecule has 28 heavy (non-hydrogen) atoms. The van der Waals surface area contributed by atoms with E-state index in [1.165, 1.54) is 16.7 Å². The SMILES string of the molecule is COc1cc(C)cc(C2=CC3CCCC(C2)N3C(=O)OCc2ccccc2)c1. The lowest BCUT2D eigenvalue weighted by Gasteiger charge is -2.44. The summed E-state index contributed by atoms with van der Waals surface area (Å²) < 4.78 is 11.1. The molecule has 2 heterocycles. The summed E-state index contributed by atoms with van der Waals surface area (Å²) >= 11 is 0. The maximum atomic E-state index is 12.8. The van der Waals surface area contributed by atoms with Crippen LogP contribution in [0.3, 0.4) is 0 Å². The van der Waals surface area contributed by atoms with E-state index in [0.717, 1.165) is 37.0 Å². The Labute approximate surface area is 166 Å². The van der Waals surface area contributed by atoms with E-state index in [-0.39, 0.29) is 18.2 Å². The molecule has 0 N–H and O–H groups in total. The van der Waals surface area contributed by atoms with Gasteiger partial charge in [-0.05, 0) is 67.0 Å². The molecule has 2 atom stereocenters. The van der Waals surface area contributed by atoms with Crippen LogP contribution in [0.5, 0.6) is 5.75 Å². The zero-order valence-corrected chi connectivity index (χ0v) is 16.6. The second-order valence-electron chi connectivity index (χ2n) is 7.73. The first-order valence-electron chi connectivity index (χ1n) is 10.00. The Kier molecular flexibility index (Phi) is 5.38. The topological polar surface area (TPSA) is 38.8 Å². The van der Waals surface area contributed by atoms with Crippen LogP contribution in [0.4, 0.5) is 4.79 Å². The molecule has 0 saturated carbocycles. The van der Waals surface area contributed by atoms with Gasteiger partial charge in [0.2, 0.25) is 0 Å². The molecule has 2 unspecified atom stereocenters. The molecule has 1 fully saturated rings. The fourth-order valence-electron chi connectivity index (χ4n) is 4.37. The molecule has 1 saturated heterocycles. The fraction of sp³-hybridized carbons (Fsp3) is 0.375. The quantitative estimate of drug-likeness (QED) is 0.721. The molecule has 0 spiro atoms. The van der Waals surface area contributed by atoms with Gasteiger partial charge in [-0.15, -0.1) is 0 Å². The van der Waals surface area contributed by atoms with E-state index in [1.54, 1.807) is 7.11 Å². The minimum Gasteiger partial charge on any atom is -0.497 e. The van der Waals surface area contributed by atoms with E-state index in [9.17, 15) is 4.79 Å². The van der Waals surface area contributed by atoms with Gasteiger partial charge in [0.15, 0.2) is 0 Å². The highest BCUT2D eigenvalue weighted by Crippen LogP contribution is 2.38. The van der Waals surface area contributed by atoms with E-state index in [1.807, 2.05) is 41.3 Å². The second-order valence-corrected chi connectivity index (χ2v) is 7.73. The average molecular weight is 377 g/mol. The van der Waals surface area contributed by atoms with Crippen molar-refractivity contribution in [3.05, 3.63) is 71.3 Å². The molecule has 146 valence electrons. The normalized spacial score (nSPS) is 21.1. The van der Waals surface area contributed by atoms with E-state index >= 15 is 0 Å². The summed E-state index contributed by atoms with van der Waals surface area (Å²) in [5.74, 6) is 0.880. The third-order valence-electron chi connectivity index (χ3n) is 5.71. The van der Waals surface area contributed by atoms with Crippen LogP contribution in [0, 0.1) is 6.92 Å². The van der Waals surface area contributed by atoms with Gasteiger partial charge in [-0.3, -0.25) is 4.90 Å². The molecule has 2 aromatic rings. The Morgan fingerprint density at radius 3 is 2.71 bits per heavy atom. The Bertz CT molecular complexity index is 875. The molecule has 2 aliphatic heterocycles. The smallest absolute Gasteiger partial charge is 0.410 e. The molecule has 4 nitrogen and oxygen atoms in total. The number of ether oxygens (including phenoxy) is 2. The zero-order valence-electron chi connectivity index (χ0n) is 16.6. The zero-order chi connectivity index (χ0) is 19.5. The number of methoxy groups -OCH3 is 1. The molecule has 2 aromatic carbocycles. The maximum absolute atomic E-state index is 12.8. The van der Waals surface area contributed by atoms with Crippen LogP contribution in [-0.2, 0) is 11.3 Å². The van der Waals surface area contributed by atoms with Gasteiger partial charge in [0.1, 0.15) is 12.4 Å². The standard InChI is InChI=1S/C24H27NO3/c1-17-11-19(15-23(12-17)27-2)20-13-21-9-6-10-22(14-20)25(21)24(26)28-16-18-7-4-3-5-8-18/h3-5,7-8,11-13,15,21-22H,6,9-10,14,16H2,1-2H3. The van der Waals surface area contributed by atoms with Crippen LogP contribution < -0.4 is 4.74 Å². The predicted molar refractivity (Wildman–Crippen MR) is 110 cm³/mol. The molecular weight excluding hydrogens is 350 g/mol. The molecule has 2 aliphatic rings. The van der Waals surface area contributed by atoms with Crippen LogP contribution in [0.1, 0.15) is 42.4 Å². The van der Waals surface area contributed by atoms with Gasteiger partial charge in [-0.25, -0.2) is 4.79 Å². The molecule has 0 aromatic heterocycles. The lowest BCUT2D eigenvalue weighted by atomic mass is 9.83. The summed E-state index contributed by atoms with van der Waals surface area (Å²) in [4.78, 5) is 14.8. The van der Waals surface area contributed by atoms with Gasteiger partial charge in [-0.1, -0.05) is 42.5 Å². The van der Waals surface area contributed by atoms with Crippen LogP contribution in [-0.4, -0.2) is 30.2 Å². The predicted octanol–water partition coefficient (Wildman–Crippen LogP) is 5.35. The summed E-state index contributed by atoms with van der Waals surface area (Å²) in [6.07, 6.45) is 6.09. The monoisotopic (exact) mass is 377 g/mol. The molecular formula is C24H27NO3. The first-order valence-corrected chi connectivity index (χ1v) is 10.00. The first-order chi connectivity index (χ1) is 13.6. The number of hydrogen-bond donors (Lipinski definition) is 0. The van der Waals surface area contributed by atoms with E-state index in [4.69, 9.17) is 9.47 Å². The molecule has 0 aliphatic carbocycles. The lowest BCUT2D eigenvalue weighted by Crippen LogP contribution is -2.51. The number of fused-ring (bicyclic) bond motifs is 2. The number of carbonyl (C=O) groups excluding carboxylic acids is 1. The van der Waals surface area contributed by atoms with Gasteiger partial charge in [-0.2, -0.15) is 0 Å². The van der Waals surface area contributed by atoms with Crippen molar-refractivity contribution in [2.45, 2.75) is 51.3 Å². The van der Waals surface area contributed by atoms with E-state index in [0.29, 0.717) is 6.61 Å². The molecule has 2 bridgehead atoms. The molecule has 4 rings (SSSR count). The van der Waals surface area contributed by atoms with Crippen molar-refractivity contribution in [1.29, 1.82) is 0 Å². The minimum absolute atomic E-state index is 0.109. The Morgan fingerprint density at radius 2 is 1.96 bits per heavy atom. The van der Waals surface area contributed by atoms with Crippen LogP contribution >= 0.6 is 0 Å². The molecule has 4 heteroatoms. The van der Waals surface area contributed by atoms with Gasteiger partial charge in [0.25, 0.3) is 0 Å². The first kappa shape index (κ1) is 18.6. The number of amides is 1. The summed E-state index contributed by atoms with van der Waals surface area (Å²) in [6.45, 7) is 2.41. The molecule has 0 radical (unpaired) electrons. The Hall–Kier alpha value is -2.75. The lowest BCUT2D eigenvalue weighted by molar-refractivity contribution is 0.0510. The van der Waals surface area contributed by atoms with Crippen molar-refractivity contribution >= 4 is 11.7 Å². The van der Waals surface area contributed by atoms with Crippen LogP contribution in [0.15, 0.2) is 54.6 Å². The van der Waals surface area contributed by atoms with Crippen molar-refractivity contribution < 1.29 is 14.3 Å². The average Bonchev–Trinajstić information content (AvgIpc) is 2.71. The third-order valence-corrected chi connectivity index (χ3v) is 5.71. The number of aryl methyl sites for hydroxylation is 1. The van der Waals surface area contributed by atoms with E-state index < -0.39 is 0 Å². The van der Waals surface area contributed by atoms with Gasteiger partial charge in [0, 0.05) is 6.04 Å². The van der Waals surface area contributed by atoms with Gasteiger partial charge >= 0.3 is 6.09 Å². The second kappa shape index (κ2) is 8.09. The third kappa shape index (κ3) is 3.91. The highest BCUT2D eigenvalue weighted by atomic mass is 16.6. The maximum Gasteiger partial charge on any atom is 0.410 e. The molecule has 1 amide bonds. The highest BCUT2D eigenvalue weighted by molar-refractivity contribution is 5.75. The van der Waals surface area contributed by atoms with E-state index in [2.05, 4.69) is 25.1 Å². The number of benzene rings is 2. The van der Waals surface area contributed by atoms with Crippen LogP contribution in [0.2, 0.25) is 0 Å². The van der Waals surface area contributed by atoms with Crippen LogP contribution in [0.25, 0.3) is 5.57 Å². The van der Waals surface area contributed by atoms with Gasteiger partial charge in [0.05, 0.1) is 13.2 Å². The van der Waals surface area contributed by atoms with Crippen molar-refractivity contribution in [3.63, 3.8) is 0 Å². The van der Waals surface area contributed by atoms with Gasteiger partial charge < -0.3 is 9.47 Å². The number of hydrogen-bond acceptors (Lipinski definition) is 3. The summed E-state index contributed by atoms with van der Waals surface area (Å²) in [5.41, 5.74) is 4.71. The largest absolute Gasteiger partial charge is 0.497 e.